The number of carbonyl (C=O) groups is 3. The molecular weight excluding hydrogens is 310 g/mol. The predicted molar refractivity (Wildman–Crippen MR) is 88.1 cm³/mol. The quantitative estimate of drug-likeness (QED) is 0.651. The Hall–Kier alpha value is -3.15. The minimum atomic E-state index is -1.05. The number of carbonyl (C=O) groups excluding carboxylic acids is 3. The van der Waals surface area contributed by atoms with Crippen molar-refractivity contribution in [1.82, 2.24) is 0 Å². The number of rotatable bonds is 5. The average Bonchev–Trinajstić information content (AvgIpc) is 2.55. The number of ether oxygens (including phenoxy) is 1. The van der Waals surface area contributed by atoms with Gasteiger partial charge in [-0.2, -0.15) is 0 Å². The number of hydrogen-bond acceptors (Lipinski definition) is 5. The molecule has 0 unspecified atom stereocenters. The molecule has 1 amide bonds. The van der Waals surface area contributed by atoms with Crippen LogP contribution in [0.1, 0.15) is 34.6 Å². The monoisotopic (exact) mass is 327 g/mol. The Morgan fingerprint density at radius 1 is 1.04 bits per heavy atom. The van der Waals surface area contributed by atoms with Gasteiger partial charge in [0.15, 0.2) is 11.9 Å². The molecule has 124 valence electrons. The molecule has 0 aliphatic carbocycles. The van der Waals surface area contributed by atoms with Crippen molar-refractivity contribution >= 4 is 23.3 Å². The number of para-hydroxylation sites is 1. The van der Waals surface area contributed by atoms with Gasteiger partial charge in [0.1, 0.15) is 11.3 Å². The Morgan fingerprint density at radius 2 is 1.67 bits per heavy atom. The number of nitrogens with one attached hydrogen (secondary N) is 1. The summed E-state index contributed by atoms with van der Waals surface area (Å²) in [5.74, 6) is -1.59. The van der Waals surface area contributed by atoms with Gasteiger partial charge in [-0.3, -0.25) is 9.59 Å². The number of hydrogen-bond donors (Lipinski definition) is 2. The third-order valence-electron chi connectivity index (χ3n) is 3.34. The van der Waals surface area contributed by atoms with Crippen LogP contribution in [0.15, 0.2) is 48.5 Å². The first-order valence-electron chi connectivity index (χ1n) is 7.29. The number of phenols is 1. The van der Waals surface area contributed by atoms with Crippen molar-refractivity contribution in [2.24, 2.45) is 0 Å². The topological polar surface area (TPSA) is 92.7 Å². The Kier molecular flexibility index (Phi) is 5.31. The van der Waals surface area contributed by atoms with Crippen molar-refractivity contribution in [3.05, 3.63) is 59.7 Å². The van der Waals surface area contributed by atoms with E-state index >= 15 is 0 Å². The van der Waals surface area contributed by atoms with E-state index in [4.69, 9.17) is 4.74 Å². The summed E-state index contributed by atoms with van der Waals surface area (Å²) in [5.41, 5.74) is 1.01. The fourth-order valence-corrected chi connectivity index (χ4v) is 1.96. The van der Waals surface area contributed by atoms with Gasteiger partial charge in [-0.1, -0.05) is 12.1 Å². The van der Waals surface area contributed by atoms with Gasteiger partial charge >= 0.3 is 5.97 Å². The van der Waals surface area contributed by atoms with Crippen LogP contribution in [0.5, 0.6) is 5.75 Å². The lowest BCUT2D eigenvalue weighted by atomic mass is 10.1. The van der Waals surface area contributed by atoms with Crippen molar-refractivity contribution in [1.29, 1.82) is 0 Å². The normalized spacial score (nSPS) is 11.4. The van der Waals surface area contributed by atoms with Crippen molar-refractivity contribution in [3.8, 4) is 5.75 Å². The van der Waals surface area contributed by atoms with Crippen LogP contribution in [0.2, 0.25) is 0 Å². The third-order valence-corrected chi connectivity index (χ3v) is 3.34. The molecule has 1 atom stereocenters. The summed E-state index contributed by atoms with van der Waals surface area (Å²) >= 11 is 0. The number of Topliss-reactive ketones (excluding diaryl/α,β-unsaturated/α-hetero) is 1. The zero-order chi connectivity index (χ0) is 17.7. The van der Waals surface area contributed by atoms with E-state index in [0.29, 0.717) is 11.3 Å². The average molecular weight is 327 g/mol. The first-order chi connectivity index (χ1) is 11.4. The maximum Gasteiger partial charge on any atom is 0.342 e. The van der Waals surface area contributed by atoms with Gasteiger partial charge < -0.3 is 15.2 Å². The highest BCUT2D eigenvalue weighted by Gasteiger charge is 2.20. The van der Waals surface area contributed by atoms with Gasteiger partial charge in [0, 0.05) is 11.3 Å². The molecule has 2 N–H and O–H groups in total. The molecule has 6 heteroatoms. The van der Waals surface area contributed by atoms with Crippen molar-refractivity contribution in [2.75, 3.05) is 5.32 Å². The van der Waals surface area contributed by atoms with Crippen LogP contribution >= 0.6 is 0 Å². The van der Waals surface area contributed by atoms with Gasteiger partial charge in [0.05, 0.1) is 0 Å². The summed E-state index contributed by atoms with van der Waals surface area (Å²) in [7, 11) is 0. The molecule has 2 rings (SSSR count). The van der Waals surface area contributed by atoms with E-state index in [9.17, 15) is 19.5 Å². The minimum Gasteiger partial charge on any atom is -0.507 e. The summed E-state index contributed by atoms with van der Waals surface area (Å²) in [4.78, 5) is 35.2. The fraction of sp³-hybridized carbons (Fsp3) is 0.167. The SMILES string of the molecule is CC(=O)c1ccc(NC(=O)[C@H](C)OC(=O)c2ccccc2O)cc1. The summed E-state index contributed by atoms with van der Waals surface area (Å²) in [6.45, 7) is 2.88. The minimum absolute atomic E-state index is 0.0111. The van der Waals surface area contributed by atoms with Crippen LogP contribution < -0.4 is 5.32 Å². The van der Waals surface area contributed by atoms with E-state index in [1.165, 1.54) is 26.0 Å². The molecule has 24 heavy (non-hydrogen) atoms. The van der Waals surface area contributed by atoms with Gasteiger partial charge in [-0.25, -0.2) is 4.79 Å². The molecule has 0 saturated carbocycles. The Labute approximate surface area is 139 Å². The van der Waals surface area contributed by atoms with Crippen LogP contribution in [0.4, 0.5) is 5.69 Å². The molecule has 6 nitrogen and oxygen atoms in total. The summed E-state index contributed by atoms with van der Waals surface area (Å²) in [6.07, 6.45) is -1.05. The van der Waals surface area contributed by atoms with Crippen molar-refractivity contribution in [2.45, 2.75) is 20.0 Å². The lowest BCUT2D eigenvalue weighted by molar-refractivity contribution is -0.123. The van der Waals surface area contributed by atoms with Gasteiger partial charge in [0.25, 0.3) is 5.91 Å². The smallest absolute Gasteiger partial charge is 0.342 e. The van der Waals surface area contributed by atoms with Crippen molar-refractivity contribution in [3.63, 3.8) is 0 Å². The van der Waals surface area contributed by atoms with Crippen LogP contribution in [-0.2, 0) is 9.53 Å². The molecule has 0 aromatic heterocycles. The molecule has 0 heterocycles. The summed E-state index contributed by atoms with van der Waals surface area (Å²) < 4.78 is 5.05. The zero-order valence-corrected chi connectivity index (χ0v) is 13.3. The van der Waals surface area contributed by atoms with Crippen LogP contribution in [0, 0.1) is 0 Å². The van der Waals surface area contributed by atoms with E-state index in [1.807, 2.05) is 0 Å². The maximum absolute atomic E-state index is 12.1. The standard InChI is InChI=1S/C18H17NO5/c1-11(20)13-7-9-14(10-8-13)19-17(22)12(2)24-18(23)15-5-3-4-6-16(15)21/h3-10,12,21H,1-2H3,(H,19,22)/t12-/m0/s1. The lowest BCUT2D eigenvalue weighted by Gasteiger charge is -2.14. The second kappa shape index (κ2) is 7.41. The number of aromatic hydroxyl groups is 1. The van der Waals surface area contributed by atoms with Gasteiger partial charge in [-0.15, -0.1) is 0 Å². The third kappa shape index (κ3) is 4.19. The molecule has 2 aromatic rings. The molecule has 2 aromatic carbocycles. The molecule has 0 fully saturated rings. The number of esters is 1. The molecule has 0 radical (unpaired) electrons. The van der Waals surface area contributed by atoms with Crippen molar-refractivity contribution < 1.29 is 24.2 Å². The Balaban J connectivity index is 1.98. The number of anilines is 1. The summed E-state index contributed by atoms with van der Waals surface area (Å²) in [5, 5.41) is 12.2. The highest BCUT2D eigenvalue weighted by atomic mass is 16.5. The van der Waals surface area contributed by atoms with E-state index in [-0.39, 0.29) is 17.1 Å². The highest BCUT2D eigenvalue weighted by Crippen LogP contribution is 2.18. The molecule has 0 saturated heterocycles. The fourth-order valence-electron chi connectivity index (χ4n) is 1.96. The molecule has 0 spiro atoms. The number of benzene rings is 2. The number of amides is 1. The molecular formula is C18H17NO5. The van der Waals surface area contributed by atoms with E-state index < -0.39 is 18.0 Å². The first kappa shape index (κ1) is 17.2. The summed E-state index contributed by atoms with van der Waals surface area (Å²) in [6, 6.07) is 12.3. The molecule has 0 bridgehead atoms. The first-order valence-corrected chi connectivity index (χ1v) is 7.29. The number of ketones is 1. The maximum atomic E-state index is 12.1. The van der Waals surface area contributed by atoms with Gasteiger partial charge in [0.2, 0.25) is 0 Å². The Morgan fingerprint density at radius 3 is 2.25 bits per heavy atom. The van der Waals surface area contributed by atoms with E-state index in [1.54, 1.807) is 36.4 Å². The van der Waals surface area contributed by atoms with E-state index in [0.717, 1.165) is 0 Å². The van der Waals surface area contributed by atoms with Crippen LogP contribution in [-0.4, -0.2) is 28.9 Å². The largest absolute Gasteiger partial charge is 0.507 e. The highest BCUT2D eigenvalue weighted by molar-refractivity contribution is 5.99. The molecule has 0 aliphatic heterocycles. The lowest BCUT2D eigenvalue weighted by Crippen LogP contribution is -2.30. The Bertz CT molecular complexity index is 767. The second-order valence-electron chi connectivity index (χ2n) is 5.19. The zero-order valence-electron chi connectivity index (χ0n) is 13.3. The predicted octanol–water partition coefficient (Wildman–Crippen LogP) is 2.78. The number of phenolic OH excluding ortho intramolecular Hbond substituents is 1. The second-order valence-corrected chi connectivity index (χ2v) is 5.19. The molecule has 0 aliphatic rings. The van der Waals surface area contributed by atoms with E-state index in [2.05, 4.69) is 5.32 Å². The van der Waals surface area contributed by atoms with Crippen LogP contribution in [0.25, 0.3) is 0 Å². The van der Waals surface area contributed by atoms with Gasteiger partial charge in [-0.05, 0) is 50.2 Å². The van der Waals surface area contributed by atoms with Crippen LogP contribution in [0.3, 0.4) is 0 Å².